The van der Waals surface area contributed by atoms with Crippen molar-refractivity contribution in [3.8, 4) is 0 Å². The van der Waals surface area contributed by atoms with Gasteiger partial charge in [-0.25, -0.2) is 4.98 Å². The van der Waals surface area contributed by atoms with E-state index in [1.165, 1.54) is 17.0 Å². The smallest absolute Gasteiger partial charge is 0.257 e. The van der Waals surface area contributed by atoms with E-state index in [1.54, 1.807) is 12.1 Å². The van der Waals surface area contributed by atoms with Crippen LogP contribution in [0.3, 0.4) is 0 Å². The number of aryl methyl sites for hydroxylation is 1. The van der Waals surface area contributed by atoms with Crippen LogP contribution >= 0.6 is 11.3 Å². The van der Waals surface area contributed by atoms with E-state index in [9.17, 15) is 9.59 Å². The van der Waals surface area contributed by atoms with Gasteiger partial charge in [0.2, 0.25) is 5.91 Å². The molecule has 1 aromatic heterocycles. The first-order chi connectivity index (χ1) is 15.7. The van der Waals surface area contributed by atoms with Crippen LogP contribution in [0.25, 0.3) is 0 Å². The minimum Gasteiger partial charge on any atom is -0.368 e. The molecule has 7 heteroatoms. The van der Waals surface area contributed by atoms with Crippen molar-refractivity contribution < 1.29 is 9.59 Å². The molecule has 2 aliphatic rings. The highest BCUT2D eigenvalue weighted by Crippen LogP contribution is 2.38. The number of hydrogen-bond acceptors (Lipinski definition) is 5. The summed E-state index contributed by atoms with van der Waals surface area (Å²) < 4.78 is 0. The van der Waals surface area contributed by atoms with Gasteiger partial charge in [-0.05, 0) is 43.5 Å². The summed E-state index contributed by atoms with van der Waals surface area (Å²) in [6.45, 7) is 3.12. The predicted octanol–water partition coefficient (Wildman–Crippen LogP) is 4.16. The Hall–Kier alpha value is -3.19. The number of amides is 2. The zero-order chi connectivity index (χ0) is 21.9. The van der Waals surface area contributed by atoms with Crippen LogP contribution in [-0.4, -0.2) is 47.9 Å². The lowest BCUT2D eigenvalue weighted by Gasteiger charge is -2.38. The quantitative estimate of drug-likeness (QED) is 0.654. The normalized spacial score (nSPS) is 18.2. The van der Waals surface area contributed by atoms with Crippen molar-refractivity contribution in [3.05, 3.63) is 76.8 Å². The van der Waals surface area contributed by atoms with Gasteiger partial charge in [0.05, 0.1) is 11.6 Å². The maximum Gasteiger partial charge on any atom is 0.257 e. The SMILES string of the molecule is O=C(Nc1nc2c(s1)CCCC2C(=O)N1CCN(c2ccccc2)CC1)c1ccccc1. The molecule has 164 valence electrons. The molecule has 0 saturated carbocycles. The molecule has 1 unspecified atom stereocenters. The first kappa shape index (κ1) is 20.7. The third-order valence-corrected chi connectivity index (χ3v) is 7.27. The number of piperazine rings is 1. The summed E-state index contributed by atoms with van der Waals surface area (Å²) in [4.78, 5) is 36.1. The molecule has 0 spiro atoms. The number of thiazole rings is 1. The Kier molecular flexibility index (Phi) is 5.90. The Morgan fingerprint density at radius 3 is 2.34 bits per heavy atom. The molecule has 0 radical (unpaired) electrons. The number of para-hydroxylation sites is 1. The third-order valence-electron chi connectivity index (χ3n) is 6.22. The average molecular weight is 447 g/mol. The highest BCUT2D eigenvalue weighted by atomic mass is 32.1. The summed E-state index contributed by atoms with van der Waals surface area (Å²) in [6, 6.07) is 19.5. The molecule has 6 nitrogen and oxygen atoms in total. The zero-order valence-corrected chi connectivity index (χ0v) is 18.7. The van der Waals surface area contributed by atoms with E-state index in [0.717, 1.165) is 56.0 Å². The molecule has 1 aliphatic heterocycles. The summed E-state index contributed by atoms with van der Waals surface area (Å²) in [7, 11) is 0. The maximum absolute atomic E-state index is 13.4. The molecule has 2 aromatic carbocycles. The molecule has 5 rings (SSSR count). The Balaban J connectivity index is 1.26. The van der Waals surface area contributed by atoms with Crippen molar-refractivity contribution in [1.82, 2.24) is 9.88 Å². The molecule has 0 bridgehead atoms. The molecular weight excluding hydrogens is 420 g/mol. The molecule has 1 N–H and O–H groups in total. The van der Waals surface area contributed by atoms with E-state index in [-0.39, 0.29) is 17.7 Å². The number of hydrogen-bond donors (Lipinski definition) is 1. The maximum atomic E-state index is 13.4. The molecule has 2 amide bonds. The van der Waals surface area contributed by atoms with Gasteiger partial charge >= 0.3 is 0 Å². The molecule has 3 aromatic rings. The lowest BCUT2D eigenvalue weighted by atomic mass is 9.89. The Morgan fingerprint density at radius 1 is 0.938 bits per heavy atom. The minimum atomic E-state index is -0.208. The summed E-state index contributed by atoms with van der Waals surface area (Å²) >= 11 is 1.50. The number of rotatable bonds is 4. The van der Waals surface area contributed by atoms with Gasteiger partial charge < -0.3 is 9.80 Å². The van der Waals surface area contributed by atoms with Crippen LogP contribution in [0.2, 0.25) is 0 Å². The van der Waals surface area contributed by atoms with E-state index < -0.39 is 0 Å². The first-order valence-corrected chi connectivity index (χ1v) is 12.0. The lowest BCUT2D eigenvalue weighted by molar-refractivity contribution is -0.133. The third kappa shape index (κ3) is 4.25. The number of carbonyl (C=O) groups is 2. The topological polar surface area (TPSA) is 65.5 Å². The average Bonchev–Trinajstić information content (AvgIpc) is 3.27. The fraction of sp³-hybridized carbons (Fsp3) is 0.320. The number of carbonyl (C=O) groups excluding carboxylic acids is 2. The van der Waals surface area contributed by atoms with Crippen molar-refractivity contribution in [2.45, 2.75) is 25.2 Å². The minimum absolute atomic E-state index is 0.170. The van der Waals surface area contributed by atoms with Gasteiger partial charge in [-0.15, -0.1) is 11.3 Å². The molecule has 32 heavy (non-hydrogen) atoms. The molecular formula is C25H26N4O2S. The van der Waals surface area contributed by atoms with Crippen LogP contribution in [0.1, 0.15) is 39.7 Å². The van der Waals surface area contributed by atoms with Gasteiger partial charge in [0.25, 0.3) is 5.91 Å². The van der Waals surface area contributed by atoms with Crippen LogP contribution in [0.4, 0.5) is 10.8 Å². The first-order valence-electron chi connectivity index (χ1n) is 11.1. The Bertz CT molecular complexity index is 1090. The zero-order valence-electron chi connectivity index (χ0n) is 17.9. The molecule has 2 heterocycles. The van der Waals surface area contributed by atoms with Gasteiger partial charge in [0.15, 0.2) is 5.13 Å². The fourth-order valence-corrected chi connectivity index (χ4v) is 5.58. The number of nitrogens with zero attached hydrogens (tertiary/aromatic N) is 3. The highest BCUT2D eigenvalue weighted by molar-refractivity contribution is 7.16. The molecule has 1 fully saturated rings. The summed E-state index contributed by atoms with van der Waals surface area (Å²) in [5.74, 6) is -0.206. The Labute approximate surface area is 191 Å². The second kappa shape index (κ2) is 9.12. The fourth-order valence-electron chi connectivity index (χ4n) is 4.52. The second-order valence-electron chi connectivity index (χ2n) is 8.24. The number of nitrogens with one attached hydrogen (secondary N) is 1. The molecule has 1 aliphatic carbocycles. The predicted molar refractivity (Wildman–Crippen MR) is 127 cm³/mol. The van der Waals surface area contributed by atoms with Crippen molar-refractivity contribution >= 4 is 34.0 Å². The van der Waals surface area contributed by atoms with Crippen molar-refractivity contribution in [1.29, 1.82) is 0 Å². The van der Waals surface area contributed by atoms with Crippen molar-refractivity contribution in [3.63, 3.8) is 0 Å². The number of aromatic nitrogens is 1. The van der Waals surface area contributed by atoms with Crippen molar-refractivity contribution in [2.75, 3.05) is 36.4 Å². The van der Waals surface area contributed by atoms with Crippen LogP contribution in [0.15, 0.2) is 60.7 Å². The number of fused-ring (bicyclic) bond motifs is 1. The summed E-state index contributed by atoms with van der Waals surface area (Å²) in [6.07, 6.45) is 2.71. The van der Waals surface area contributed by atoms with Crippen LogP contribution in [0, 0.1) is 0 Å². The van der Waals surface area contributed by atoms with Gasteiger partial charge in [-0.2, -0.15) is 0 Å². The van der Waals surface area contributed by atoms with E-state index >= 15 is 0 Å². The van der Waals surface area contributed by atoms with Crippen LogP contribution in [0.5, 0.6) is 0 Å². The van der Waals surface area contributed by atoms with Crippen LogP contribution in [-0.2, 0) is 11.2 Å². The number of benzene rings is 2. The summed E-state index contributed by atoms with van der Waals surface area (Å²) in [5.41, 5.74) is 2.67. The van der Waals surface area contributed by atoms with Gasteiger partial charge in [-0.3, -0.25) is 14.9 Å². The van der Waals surface area contributed by atoms with E-state index in [0.29, 0.717) is 10.7 Å². The van der Waals surface area contributed by atoms with Crippen molar-refractivity contribution in [2.24, 2.45) is 0 Å². The Morgan fingerprint density at radius 2 is 1.62 bits per heavy atom. The highest BCUT2D eigenvalue weighted by Gasteiger charge is 2.34. The molecule has 1 atom stereocenters. The number of anilines is 2. The monoisotopic (exact) mass is 446 g/mol. The lowest BCUT2D eigenvalue weighted by Crippen LogP contribution is -2.50. The van der Waals surface area contributed by atoms with E-state index in [1.807, 2.05) is 41.3 Å². The molecule has 1 saturated heterocycles. The largest absolute Gasteiger partial charge is 0.368 e. The van der Waals surface area contributed by atoms with E-state index in [4.69, 9.17) is 4.98 Å². The van der Waals surface area contributed by atoms with Gasteiger partial charge in [0.1, 0.15) is 0 Å². The summed E-state index contributed by atoms with van der Waals surface area (Å²) in [5, 5.41) is 3.50. The van der Waals surface area contributed by atoms with Gasteiger partial charge in [0, 0.05) is 42.3 Å². The van der Waals surface area contributed by atoms with Crippen LogP contribution < -0.4 is 10.2 Å². The standard InChI is InChI=1S/C25H26N4O2S/c30-23(18-8-3-1-4-9-18)27-25-26-22-20(12-7-13-21(22)32-25)24(31)29-16-14-28(15-17-29)19-10-5-2-6-11-19/h1-6,8-11,20H,7,12-17H2,(H,26,27,30). The van der Waals surface area contributed by atoms with Gasteiger partial charge in [-0.1, -0.05) is 36.4 Å². The van der Waals surface area contributed by atoms with E-state index in [2.05, 4.69) is 22.3 Å². The second-order valence-corrected chi connectivity index (χ2v) is 9.32.